The molecule has 5 aromatic rings. The van der Waals surface area contributed by atoms with Crippen molar-refractivity contribution >= 4 is 51.3 Å². The molecule has 0 fully saturated rings. The van der Waals surface area contributed by atoms with E-state index in [4.69, 9.17) is 0 Å². The van der Waals surface area contributed by atoms with Crippen LogP contribution < -0.4 is 0 Å². The van der Waals surface area contributed by atoms with Crippen LogP contribution in [0.25, 0.3) is 21.5 Å². The summed E-state index contributed by atoms with van der Waals surface area (Å²) in [4.78, 5) is 20.6. The molecule has 0 heterocycles. The number of fused-ring (bicyclic) bond motifs is 2. The summed E-state index contributed by atoms with van der Waals surface area (Å²) in [6.45, 7) is 0. The number of carbonyl (C=O) groups is 1. The quantitative estimate of drug-likeness (QED) is 0.177. The first-order valence-corrected chi connectivity index (χ1v) is 10.9. The molecule has 6 nitrogen and oxygen atoms in total. The zero-order valence-electron chi connectivity index (χ0n) is 19.8. The molecule has 5 aromatic carbocycles. The second-order valence-corrected chi connectivity index (χ2v) is 7.96. The van der Waals surface area contributed by atoms with E-state index in [1.165, 1.54) is 18.3 Å². The number of aromatic hydroxyl groups is 2. The number of carboxylic acids is 1. The Bertz CT molecular complexity index is 1670. The molecule has 36 heavy (non-hydrogen) atoms. The van der Waals surface area contributed by atoms with E-state index in [2.05, 4.69) is 9.98 Å². The van der Waals surface area contributed by atoms with Crippen molar-refractivity contribution in [3.8, 4) is 11.5 Å². The minimum atomic E-state index is -1.09. The van der Waals surface area contributed by atoms with Crippen LogP contribution in [0.3, 0.4) is 0 Å². The minimum Gasteiger partial charge on any atom is -0.507 e. The zero-order valence-corrected chi connectivity index (χ0v) is 19.8. The summed E-state index contributed by atoms with van der Waals surface area (Å²) >= 11 is 0. The molecule has 0 aliphatic carbocycles. The third-order valence-electron chi connectivity index (χ3n) is 5.78. The number of phenols is 2. The molecule has 5 rings (SSSR count). The first-order valence-electron chi connectivity index (χ1n) is 10.9. The predicted molar refractivity (Wildman–Crippen MR) is 140 cm³/mol. The van der Waals surface area contributed by atoms with E-state index in [9.17, 15) is 20.1 Å². The summed E-state index contributed by atoms with van der Waals surface area (Å²) in [5.74, 6) is -0.940. The average molecular weight is 520 g/mol. The Morgan fingerprint density at radius 3 is 1.69 bits per heavy atom. The van der Waals surface area contributed by atoms with Gasteiger partial charge in [-0.3, -0.25) is 9.98 Å². The molecule has 0 atom stereocenters. The maximum absolute atomic E-state index is 11.6. The third kappa shape index (κ3) is 4.83. The van der Waals surface area contributed by atoms with Gasteiger partial charge in [-0.05, 0) is 51.9 Å². The number of hydrogen-bond acceptors (Lipinski definition) is 5. The molecule has 180 valence electrons. The van der Waals surface area contributed by atoms with Crippen LogP contribution in [0, 0.1) is 0 Å². The maximum atomic E-state index is 11.6. The second kappa shape index (κ2) is 10.4. The van der Waals surface area contributed by atoms with Gasteiger partial charge < -0.3 is 15.3 Å². The summed E-state index contributed by atoms with van der Waals surface area (Å²) in [5.41, 5.74) is 1.86. The van der Waals surface area contributed by atoms with Gasteiger partial charge in [0.05, 0.1) is 16.9 Å². The maximum Gasteiger partial charge on any atom is 1.00 e. The number of carboxylic acid groups (broad SMARTS) is 1. The molecule has 3 N–H and O–H groups in total. The number of aromatic carboxylic acids is 1. The van der Waals surface area contributed by atoms with Crippen LogP contribution in [0.4, 0.5) is 11.4 Å². The van der Waals surface area contributed by atoms with Crippen LogP contribution in [0.1, 0.15) is 22.9 Å². The van der Waals surface area contributed by atoms with Gasteiger partial charge in [-0.15, -0.1) is 0 Å². The standard InChI is InChI=1S/C29H20N2O4.Ni/c32-27-13-10-18-5-1-3-7-21(18)23(27)16-30-25-12-9-20(29(34)35)15-26(25)31-17-24-22-8-4-2-6-19(22)11-14-28(24)33;/h1-17,32-33H,(H,34,35);/p+1. The van der Waals surface area contributed by atoms with E-state index in [1.54, 1.807) is 24.4 Å². The predicted octanol–water partition coefficient (Wildman–Crippen LogP) is 6.71. The fourth-order valence-electron chi connectivity index (χ4n) is 3.98. The van der Waals surface area contributed by atoms with Crippen molar-refractivity contribution in [2.45, 2.75) is 0 Å². The number of phenolic OH excluding ortho intramolecular Hbond substituents is 2. The normalized spacial score (nSPS) is 11.3. The monoisotopic (exact) mass is 519 g/mol. The van der Waals surface area contributed by atoms with Crippen LogP contribution in [-0.2, 0) is 16.5 Å². The Morgan fingerprint density at radius 1 is 0.667 bits per heavy atom. The third-order valence-corrected chi connectivity index (χ3v) is 5.78. The van der Waals surface area contributed by atoms with Crippen molar-refractivity contribution in [2.24, 2.45) is 9.98 Å². The van der Waals surface area contributed by atoms with Gasteiger partial charge in [0.1, 0.15) is 11.5 Å². The number of rotatable bonds is 5. The Kier molecular flexibility index (Phi) is 7.13. The molecule has 0 aromatic heterocycles. The van der Waals surface area contributed by atoms with E-state index >= 15 is 0 Å². The minimum absolute atomic E-state index is 0. The van der Waals surface area contributed by atoms with Gasteiger partial charge in [0.2, 0.25) is 0 Å². The second-order valence-electron chi connectivity index (χ2n) is 7.96. The summed E-state index contributed by atoms with van der Waals surface area (Å²) in [5, 5.41) is 33.9. The molecule has 0 radical (unpaired) electrons. The Morgan fingerprint density at radius 2 is 1.17 bits per heavy atom. The Balaban J connectivity index is 0.00000190. The molecule has 7 heteroatoms. The Labute approximate surface area is 218 Å². The first kappa shape index (κ1) is 24.6. The topological polar surface area (TPSA) is 102 Å². The molecule has 0 saturated heterocycles. The number of hydrogen-bond donors (Lipinski definition) is 3. The largest absolute Gasteiger partial charge is 1.00 e. The van der Waals surface area contributed by atoms with Crippen molar-refractivity contribution in [3.05, 3.63) is 108 Å². The molecule has 0 aliphatic heterocycles. The van der Waals surface area contributed by atoms with E-state index < -0.39 is 5.97 Å². The van der Waals surface area contributed by atoms with Crippen molar-refractivity contribution in [3.63, 3.8) is 0 Å². The number of nitrogens with zero attached hydrogens (tertiary/aromatic N) is 2. The molecular weight excluding hydrogens is 499 g/mol. The van der Waals surface area contributed by atoms with Gasteiger partial charge >= 0.3 is 7.40 Å². The van der Waals surface area contributed by atoms with Crippen LogP contribution in [-0.4, -0.2) is 33.7 Å². The van der Waals surface area contributed by atoms with Gasteiger partial charge in [0, 0.05) is 40.0 Å². The van der Waals surface area contributed by atoms with Crippen LogP contribution >= 0.6 is 0 Å². The fourth-order valence-corrected chi connectivity index (χ4v) is 3.98. The number of benzene rings is 5. The van der Waals surface area contributed by atoms with Crippen molar-refractivity contribution in [1.82, 2.24) is 0 Å². The molecule has 0 saturated carbocycles. The van der Waals surface area contributed by atoms with Gasteiger partial charge in [-0.1, -0.05) is 60.7 Å². The van der Waals surface area contributed by atoms with E-state index in [0.717, 1.165) is 21.5 Å². The van der Waals surface area contributed by atoms with Gasteiger partial charge in [-0.25, -0.2) is 4.79 Å². The van der Waals surface area contributed by atoms with Gasteiger partial charge in [-0.2, -0.15) is 0 Å². The molecular formula is C29H21N2NiO4+. The van der Waals surface area contributed by atoms with Crippen LogP contribution in [0.2, 0.25) is 0 Å². The van der Waals surface area contributed by atoms with Gasteiger partial charge in [0.15, 0.2) is 0 Å². The molecule has 0 bridgehead atoms. The van der Waals surface area contributed by atoms with Crippen molar-refractivity contribution in [2.75, 3.05) is 0 Å². The van der Waals surface area contributed by atoms with E-state index in [1.807, 2.05) is 60.7 Å². The summed E-state index contributed by atoms with van der Waals surface area (Å²) in [7, 11) is 0. The molecule has 0 unspecified atom stereocenters. The Hall–Kier alpha value is -4.48. The fraction of sp³-hybridized carbons (Fsp3) is 0. The summed E-state index contributed by atoms with van der Waals surface area (Å²) in [6, 6.07) is 26.5. The van der Waals surface area contributed by atoms with Crippen LogP contribution in [0.15, 0.2) is 101 Å². The van der Waals surface area contributed by atoms with Crippen LogP contribution in [0.5, 0.6) is 11.5 Å². The van der Waals surface area contributed by atoms with Crippen molar-refractivity contribution < 1.29 is 38.0 Å². The molecule has 0 aliphatic rings. The summed E-state index contributed by atoms with van der Waals surface area (Å²) < 4.78 is 0. The zero-order chi connectivity index (χ0) is 24.4. The summed E-state index contributed by atoms with van der Waals surface area (Å²) in [6.07, 6.45) is 3.05. The van der Waals surface area contributed by atoms with E-state index in [0.29, 0.717) is 22.5 Å². The van der Waals surface area contributed by atoms with Crippen molar-refractivity contribution in [1.29, 1.82) is 0 Å². The average Bonchev–Trinajstić information content (AvgIpc) is 2.88. The van der Waals surface area contributed by atoms with E-state index in [-0.39, 0.29) is 35.0 Å². The molecule has 0 spiro atoms. The first-order chi connectivity index (χ1) is 17.0. The SMILES string of the molecule is O=C(O)c1ccc(N=Cc2c(O)ccc3ccccc23)c(N=Cc2c(O)ccc3ccccc23)c1.[H+].[Ni]. The molecule has 0 amide bonds. The number of aliphatic imine (C=N–C) groups is 2. The smallest absolute Gasteiger partial charge is 0.507 e. The van der Waals surface area contributed by atoms with Gasteiger partial charge in [0.25, 0.3) is 0 Å².